The fourth-order valence-electron chi connectivity index (χ4n) is 2.84. The van der Waals surface area contributed by atoms with Crippen LogP contribution in [0.15, 0.2) is 33.3 Å². The van der Waals surface area contributed by atoms with Gasteiger partial charge in [-0.3, -0.25) is 9.48 Å². The van der Waals surface area contributed by atoms with Gasteiger partial charge in [-0.05, 0) is 24.6 Å². The number of carbonyl (C=O) groups excluding carboxylic acids is 1. The maximum Gasteiger partial charge on any atom is 0.227 e. The summed E-state index contributed by atoms with van der Waals surface area (Å²) in [4.78, 5) is 16.9. The first-order valence-corrected chi connectivity index (χ1v) is 9.87. The number of halogens is 1. The Hall–Kier alpha value is -2.48. The third-order valence-electron chi connectivity index (χ3n) is 4.32. The first kappa shape index (κ1) is 20.3. The number of hydrogen-bond donors (Lipinski definition) is 1. The molecule has 0 spiro atoms. The number of amides is 1. The van der Waals surface area contributed by atoms with Crippen molar-refractivity contribution >= 4 is 27.7 Å². The van der Waals surface area contributed by atoms with Gasteiger partial charge in [-0.25, -0.2) is 0 Å². The summed E-state index contributed by atoms with van der Waals surface area (Å²) in [6, 6.07) is 7.93. The number of aromatic nitrogens is 4. The summed E-state index contributed by atoms with van der Waals surface area (Å²) in [6.45, 7) is 7.98. The van der Waals surface area contributed by atoms with Gasteiger partial charge in [0.2, 0.25) is 11.8 Å². The van der Waals surface area contributed by atoms with Crippen molar-refractivity contribution in [2.75, 3.05) is 5.32 Å². The first-order chi connectivity index (χ1) is 13.1. The Morgan fingerprint density at radius 1 is 1.25 bits per heavy atom. The summed E-state index contributed by atoms with van der Waals surface area (Å²) in [5, 5.41) is 11.4. The molecule has 0 unspecified atom stereocenters. The lowest BCUT2D eigenvalue weighted by Gasteiger charge is -2.10. The maximum atomic E-state index is 12.5. The highest BCUT2D eigenvalue weighted by atomic mass is 79.9. The van der Waals surface area contributed by atoms with Gasteiger partial charge in [0.1, 0.15) is 5.82 Å². The van der Waals surface area contributed by atoms with Crippen LogP contribution in [0.3, 0.4) is 0 Å². The van der Waals surface area contributed by atoms with Crippen molar-refractivity contribution in [1.29, 1.82) is 0 Å². The molecular weight excluding hydrogens is 422 g/mol. The fourth-order valence-corrected chi connectivity index (χ4v) is 3.10. The molecule has 0 aliphatic rings. The van der Waals surface area contributed by atoms with Crippen molar-refractivity contribution in [1.82, 2.24) is 19.9 Å². The minimum Gasteiger partial charge on any atom is -0.339 e. The van der Waals surface area contributed by atoms with Crippen LogP contribution < -0.4 is 5.32 Å². The zero-order chi connectivity index (χ0) is 20.5. The third-order valence-corrected chi connectivity index (χ3v) is 4.85. The van der Waals surface area contributed by atoms with Crippen LogP contribution in [-0.2, 0) is 23.7 Å². The molecule has 0 saturated carbocycles. The van der Waals surface area contributed by atoms with E-state index in [4.69, 9.17) is 4.52 Å². The number of nitrogens with one attached hydrogen (secondary N) is 1. The quantitative estimate of drug-likeness (QED) is 0.628. The topological polar surface area (TPSA) is 85.8 Å². The van der Waals surface area contributed by atoms with Crippen molar-refractivity contribution in [3.05, 3.63) is 46.1 Å². The fraction of sp³-hybridized carbons (Fsp3) is 0.400. The second-order valence-electron chi connectivity index (χ2n) is 7.75. The Kier molecular flexibility index (Phi) is 5.69. The molecule has 8 heteroatoms. The predicted octanol–water partition coefficient (Wildman–Crippen LogP) is 4.41. The van der Waals surface area contributed by atoms with Gasteiger partial charge in [-0.15, -0.1) is 0 Å². The van der Waals surface area contributed by atoms with Crippen LogP contribution in [0.4, 0.5) is 5.82 Å². The smallest absolute Gasteiger partial charge is 0.227 e. The van der Waals surface area contributed by atoms with E-state index in [2.05, 4.69) is 36.5 Å². The van der Waals surface area contributed by atoms with Crippen molar-refractivity contribution in [2.24, 2.45) is 7.05 Å². The number of aryl methyl sites for hydroxylation is 3. The largest absolute Gasteiger partial charge is 0.339 e. The van der Waals surface area contributed by atoms with Gasteiger partial charge in [0.05, 0.1) is 5.69 Å². The molecule has 0 saturated heterocycles. The number of nitrogens with zero attached hydrogens (tertiary/aromatic N) is 4. The molecule has 7 nitrogen and oxygen atoms in total. The van der Waals surface area contributed by atoms with Gasteiger partial charge in [-0.1, -0.05) is 54.0 Å². The van der Waals surface area contributed by atoms with Crippen LogP contribution >= 0.6 is 15.9 Å². The van der Waals surface area contributed by atoms with Crippen molar-refractivity contribution in [3.63, 3.8) is 0 Å². The summed E-state index contributed by atoms with van der Waals surface area (Å²) in [7, 11) is 1.82. The Morgan fingerprint density at radius 3 is 2.54 bits per heavy atom. The molecule has 2 aromatic heterocycles. The molecule has 0 atom stereocenters. The minimum atomic E-state index is -0.185. The third kappa shape index (κ3) is 4.49. The van der Waals surface area contributed by atoms with E-state index in [-0.39, 0.29) is 17.7 Å². The molecule has 0 fully saturated rings. The number of anilines is 1. The monoisotopic (exact) mass is 445 g/mol. The highest BCUT2D eigenvalue weighted by Crippen LogP contribution is 2.32. The Bertz CT molecular complexity index is 983. The Labute approximate surface area is 172 Å². The van der Waals surface area contributed by atoms with Crippen molar-refractivity contribution in [2.45, 2.75) is 46.0 Å². The summed E-state index contributed by atoms with van der Waals surface area (Å²) in [5.41, 5.74) is 2.58. The van der Waals surface area contributed by atoms with Crippen LogP contribution in [0.2, 0.25) is 0 Å². The van der Waals surface area contributed by atoms with E-state index < -0.39 is 0 Å². The van der Waals surface area contributed by atoms with E-state index in [9.17, 15) is 4.79 Å². The molecular formula is C20H24BrN5O2. The molecule has 28 heavy (non-hydrogen) atoms. The van der Waals surface area contributed by atoms with Crippen LogP contribution in [0.1, 0.15) is 44.6 Å². The molecule has 1 aromatic carbocycles. The molecule has 3 rings (SSSR count). The number of hydrogen-bond acceptors (Lipinski definition) is 5. The van der Waals surface area contributed by atoms with Crippen LogP contribution in [-0.4, -0.2) is 25.8 Å². The van der Waals surface area contributed by atoms with E-state index in [1.54, 1.807) is 4.68 Å². The SMILES string of the molecule is Cc1nn(C)c(NC(=O)CCc2nc(C(C)(C)C)no2)c1-c1ccc(Br)cc1. The lowest BCUT2D eigenvalue weighted by Crippen LogP contribution is -2.16. The second-order valence-corrected chi connectivity index (χ2v) is 8.67. The highest BCUT2D eigenvalue weighted by Gasteiger charge is 2.22. The first-order valence-electron chi connectivity index (χ1n) is 9.07. The zero-order valence-electron chi connectivity index (χ0n) is 16.7. The molecule has 2 heterocycles. The Morgan fingerprint density at radius 2 is 1.93 bits per heavy atom. The van der Waals surface area contributed by atoms with Crippen LogP contribution in [0.25, 0.3) is 11.1 Å². The molecule has 3 aromatic rings. The lowest BCUT2D eigenvalue weighted by molar-refractivity contribution is -0.116. The number of rotatable bonds is 5. The molecule has 0 bridgehead atoms. The highest BCUT2D eigenvalue weighted by molar-refractivity contribution is 9.10. The van der Waals surface area contributed by atoms with Crippen LogP contribution in [0, 0.1) is 6.92 Å². The standard InChI is InChI=1S/C20H24BrN5O2/c1-12-17(13-6-8-14(21)9-7-13)18(26(5)24-12)22-15(27)10-11-16-23-19(25-28-16)20(2,3)4/h6-9H,10-11H2,1-5H3,(H,22,27). The van der Waals surface area contributed by atoms with Gasteiger partial charge in [0, 0.05) is 35.3 Å². The number of benzene rings is 1. The normalized spacial score (nSPS) is 11.6. The van der Waals surface area contributed by atoms with Gasteiger partial charge in [0.25, 0.3) is 0 Å². The summed E-state index contributed by atoms with van der Waals surface area (Å²) in [6.07, 6.45) is 0.634. The summed E-state index contributed by atoms with van der Waals surface area (Å²) < 4.78 is 7.95. The lowest BCUT2D eigenvalue weighted by atomic mass is 9.96. The van der Waals surface area contributed by atoms with E-state index in [0.717, 1.165) is 21.3 Å². The minimum absolute atomic E-state index is 0.128. The molecule has 0 aliphatic carbocycles. The van der Waals surface area contributed by atoms with E-state index in [1.807, 2.05) is 59.0 Å². The average molecular weight is 446 g/mol. The zero-order valence-corrected chi connectivity index (χ0v) is 18.3. The van der Waals surface area contributed by atoms with Gasteiger partial charge in [0.15, 0.2) is 5.82 Å². The average Bonchev–Trinajstić information content (AvgIpc) is 3.19. The van der Waals surface area contributed by atoms with Crippen LogP contribution in [0.5, 0.6) is 0 Å². The summed E-state index contributed by atoms with van der Waals surface area (Å²) >= 11 is 3.45. The van der Waals surface area contributed by atoms with E-state index in [1.165, 1.54) is 0 Å². The van der Waals surface area contributed by atoms with Gasteiger partial charge >= 0.3 is 0 Å². The number of carbonyl (C=O) groups is 1. The van der Waals surface area contributed by atoms with E-state index in [0.29, 0.717) is 24.0 Å². The summed E-state index contributed by atoms with van der Waals surface area (Å²) in [5.74, 6) is 1.65. The maximum absolute atomic E-state index is 12.5. The van der Waals surface area contributed by atoms with Gasteiger partial charge in [-0.2, -0.15) is 10.1 Å². The molecule has 1 N–H and O–H groups in total. The van der Waals surface area contributed by atoms with Crippen molar-refractivity contribution in [3.8, 4) is 11.1 Å². The Balaban J connectivity index is 1.72. The second kappa shape index (κ2) is 7.87. The van der Waals surface area contributed by atoms with E-state index >= 15 is 0 Å². The van der Waals surface area contributed by atoms with Crippen molar-refractivity contribution < 1.29 is 9.32 Å². The molecule has 0 radical (unpaired) electrons. The molecule has 1 amide bonds. The predicted molar refractivity (Wildman–Crippen MR) is 111 cm³/mol. The van der Waals surface area contributed by atoms with Gasteiger partial charge < -0.3 is 9.84 Å². The molecule has 148 valence electrons. The molecule has 0 aliphatic heterocycles.